The summed E-state index contributed by atoms with van der Waals surface area (Å²) in [6.07, 6.45) is 1.49. The van der Waals surface area contributed by atoms with E-state index in [4.69, 9.17) is 5.26 Å². The minimum atomic E-state index is 0.180. The first-order chi connectivity index (χ1) is 13.0. The van der Waals surface area contributed by atoms with E-state index < -0.39 is 0 Å². The summed E-state index contributed by atoms with van der Waals surface area (Å²) in [7, 11) is 0. The van der Waals surface area contributed by atoms with Crippen LogP contribution in [0.3, 0.4) is 0 Å². The molecule has 1 heterocycles. The Balaban J connectivity index is 1.92. The quantitative estimate of drug-likeness (QED) is 0.649. The zero-order chi connectivity index (χ0) is 19.4. The van der Waals surface area contributed by atoms with E-state index >= 15 is 0 Å². The summed E-state index contributed by atoms with van der Waals surface area (Å²) in [5, 5.41) is 18.3. The lowest BCUT2D eigenvalue weighted by Gasteiger charge is -2.12. The van der Waals surface area contributed by atoms with E-state index in [1.807, 2.05) is 20.8 Å². The Morgan fingerprint density at radius 3 is 2.33 bits per heavy atom. The number of anilines is 4. The number of nitrogens with zero attached hydrogens (tertiary/aromatic N) is 3. The summed E-state index contributed by atoms with van der Waals surface area (Å²) < 4.78 is 0. The molecule has 0 unspecified atom stereocenters. The van der Waals surface area contributed by atoms with Crippen LogP contribution >= 0.6 is 0 Å². The summed E-state index contributed by atoms with van der Waals surface area (Å²) in [4.78, 5) is 18.5. The number of aryl methyl sites for hydroxylation is 3. The van der Waals surface area contributed by atoms with Crippen LogP contribution in [0.4, 0.5) is 28.8 Å². The van der Waals surface area contributed by atoms with Crippen molar-refractivity contribution in [1.29, 1.82) is 5.26 Å². The normalized spacial score (nSPS) is 10.1. The molecule has 0 spiro atoms. The third-order valence-corrected chi connectivity index (χ3v) is 4.11. The number of hydrogen-bond acceptors (Lipinski definition) is 6. The van der Waals surface area contributed by atoms with Crippen molar-refractivity contribution in [2.45, 2.75) is 20.8 Å². The molecule has 0 atom stereocenters. The zero-order valence-electron chi connectivity index (χ0n) is 15.3. The molecule has 0 aliphatic carbocycles. The van der Waals surface area contributed by atoms with E-state index in [1.165, 1.54) is 11.8 Å². The van der Waals surface area contributed by atoms with Crippen LogP contribution in [-0.4, -0.2) is 4.98 Å². The van der Waals surface area contributed by atoms with Crippen LogP contribution in [0.2, 0.25) is 0 Å². The molecule has 0 radical (unpaired) electrons. The Labute approximate surface area is 157 Å². The van der Waals surface area contributed by atoms with E-state index in [2.05, 4.69) is 44.0 Å². The van der Waals surface area contributed by atoms with E-state index in [1.54, 1.807) is 24.3 Å². The largest absolute Gasteiger partial charge is 0.396 e. The molecule has 2 aromatic carbocycles. The van der Waals surface area contributed by atoms with Gasteiger partial charge in [-0.15, -0.1) is 4.91 Å². The lowest BCUT2D eigenvalue weighted by atomic mass is 10.1. The Hall–Kier alpha value is -3.79. The maximum atomic E-state index is 11.2. The van der Waals surface area contributed by atoms with Crippen molar-refractivity contribution < 1.29 is 4.98 Å². The molecule has 0 saturated carbocycles. The standard InChI is InChI=1S/C20H18N6O/c1-12-8-13(2)18(14(3)9-12)24-19-17(26-27)11-22-20(25-19)23-16-6-4-15(10-21)5-7-16/h4-9,11H,1-3H3,(H2,22,23,24,25)/p+1. The van der Waals surface area contributed by atoms with Crippen molar-refractivity contribution in [1.82, 2.24) is 4.98 Å². The van der Waals surface area contributed by atoms with Gasteiger partial charge in [0.15, 0.2) is 5.69 Å². The van der Waals surface area contributed by atoms with Crippen LogP contribution in [0.1, 0.15) is 22.3 Å². The number of rotatable bonds is 5. The summed E-state index contributed by atoms with van der Waals surface area (Å²) in [6, 6.07) is 13.2. The highest BCUT2D eigenvalue weighted by molar-refractivity contribution is 5.72. The molecule has 0 aliphatic heterocycles. The number of hydrogen-bond donors (Lipinski definition) is 2. The average molecular weight is 359 g/mol. The fourth-order valence-corrected chi connectivity index (χ4v) is 2.89. The van der Waals surface area contributed by atoms with Gasteiger partial charge in [0.25, 0.3) is 0 Å². The molecular formula is C20H19N6O+. The Kier molecular flexibility index (Phi) is 5.08. The molecular weight excluding hydrogens is 340 g/mol. The van der Waals surface area contributed by atoms with Crippen LogP contribution in [0.15, 0.2) is 47.8 Å². The number of aromatic amines is 1. The Bertz CT molecular complexity index is 1010. The number of benzene rings is 2. The Morgan fingerprint density at radius 2 is 1.74 bits per heavy atom. The van der Waals surface area contributed by atoms with E-state index in [0.29, 0.717) is 17.3 Å². The highest BCUT2D eigenvalue weighted by atomic mass is 16.3. The molecule has 3 aromatic rings. The molecule has 3 rings (SSSR count). The SMILES string of the molecule is Cc1cc(C)c(Nc2nc(Nc3ccc(C#N)cc3)[nH+]cc2N=O)c(C)c1. The van der Waals surface area contributed by atoms with Gasteiger partial charge in [-0.3, -0.25) is 0 Å². The van der Waals surface area contributed by atoms with Crippen LogP contribution in [0, 0.1) is 37.0 Å². The fourth-order valence-electron chi connectivity index (χ4n) is 2.89. The van der Waals surface area contributed by atoms with Crippen molar-refractivity contribution in [3.05, 3.63) is 69.8 Å². The van der Waals surface area contributed by atoms with Crippen LogP contribution in [0.25, 0.3) is 0 Å². The average Bonchev–Trinajstić information content (AvgIpc) is 2.65. The first-order valence-electron chi connectivity index (χ1n) is 8.38. The maximum Gasteiger partial charge on any atom is 0.396 e. The van der Waals surface area contributed by atoms with Crippen LogP contribution in [-0.2, 0) is 0 Å². The summed E-state index contributed by atoms with van der Waals surface area (Å²) in [5.41, 5.74) is 5.69. The number of nitroso groups, excluding NO2 is 1. The topological polar surface area (TPSA) is 104 Å². The molecule has 7 nitrogen and oxygen atoms in total. The number of nitrogens with one attached hydrogen (secondary N) is 3. The van der Waals surface area contributed by atoms with E-state index in [-0.39, 0.29) is 5.69 Å². The molecule has 0 fully saturated rings. The third kappa shape index (κ3) is 4.07. The van der Waals surface area contributed by atoms with Gasteiger partial charge in [-0.25, -0.2) is 10.3 Å². The van der Waals surface area contributed by atoms with Crippen LogP contribution in [0.5, 0.6) is 0 Å². The second-order valence-corrected chi connectivity index (χ2v) is 6.29. The fraction of sp³-hybridized carbons (Fsp3) is 0.150. The van der Waals surface area contributed by atoms with Crippen molar-refractivity contribution >= 4 is 28.8 Å². The van der Waals surface area contributed by atoms with Crippen molar-refractivity contribution in [3.8, 4) is 6.07 Å². The second-order valence-electron chi connectivity index (χ2n) is 6.29. The summed E-state index contributed by atoms with van der Waals surface area (Å²) in [6.45, 7) is 6.04. The van der Waals surface area contributed by atoms with Gasteiger partial charge in [0.2, 0.25) is 5.82 Å². The number of H-pyrrole nitrogens is 1. The van der Waals surface area contributed by atoms with Crippen molar-refractivity contribution in [2.75, 3.05) is 10.6 Å². The molecule has 27 heavy (non-hydrogen) atoms. The first kappa shape index (κ1) is 18.0. The molecule has 1 aromatic heterocycles. The molecule has 0 bridgehead atoms. The Morgan fingerprint density at radius 1 is 1.07 bits per heavy atom. The minimum absolute atomic E-state index is 0.180. The predicted molar refractivity (Wildman–Crippen MR) is 105 cm³/mol. The van der Waals surface area contributed by atoms with Gasteiger partial charge in [-0.2, -0.15) is 5.26 Å². The van der Waals surface area contributed by atoms with Gasteiger partial charge in [0, 0.05) is 5.69 Å². The number of aromatic nitrogens is 2. The molecule has 3 N–H and O–H groups in total. The molecule has 0 amide bonds. The lowest BCUT2D eigenvalue weighted by molar-refractivity contribution is -0.363. The zero-order valence-corrected chi connectivity index (χ0v) is 15.3. The lowest BCUT2D eigenvalue weighted by Crippen LogP contribution is -2.13. The smallest absolute Gasteiger partial charge is 0.324 e. The summed E-state index contributed by atoms with van der Waals surface area (Å²) in [5.74, 6) is 0.798. The van der Waals surface area contributed by atoms with Crippen LogP contribution < -0.4 is 15.6 Å². The highest BCUT2D eigenvalue weighted by Gasteiger charge is 2.17. The van der Waals surface area contributed by atoms with E-state index in [0.717, 1.165) is 22.5 Å². The van der Waals surface area contributed by atoms with Gasteiger partial charge in [-0.1, -0.05) is 22.7 Å². The van der Waals surface area contributed by atoms with Gasteiger partial charge < -0.3 is 5.32 Å². The predicted octanol–water partition coefficient (Wildman–Crippen LogP) is 4.58. The summed E-state index contributed by atoms with van der Waals surface area (Å²) >= 11 is 0. The van der Waals surface area contributed by atoms with Crippen molar-refractivity contribution in [2.24, 2.45) is 5.18 Å². The first-order valence-corrected chi connectivity index (χ1v) is 8.38. The molecule has 134 valence electrons. The second kappa shape index (κ2) is 7.62. The molecule has 7 heteroatoms. The van der Waals surface area contributed by atoms with E-state index in [9.17, 15) is 4.91 Å². The minimum Gasteiger partial charge on any atom is -0.324 e. The maximum absolute atomic E-state index is 11.2. The molecule has 0 saturated heterocycles. The highest BCUT2D eigenvalue weighted by Crippen LogP contribution is 2.30. The molecule has 0 aliphatic rings. The van der Waals surface area contributed by atoms with Gasteiger partial charge >= 0.3 is 5.95 Å². The van der Waals surface area contributed by atoms with Gasteiger partial charge in [0.1, 0.15) is 0 Å². The van der Waals surface area contributed by atoms with Gasteiger partial charge in [0.05, 0.1) is 23.5 Å². The van der Waals surface area contributed by atoms with Gasteiger partial charge in [-0.05, 0) is 61.3 Å². The van der Waals surface area contributed by atoms with Crippen molar-refractivity contribution in [3.63, 3.8) is 0 Å². The number of nitriles is 1. The monoisotopic (exact) mass is 359 g/mol. The third-order valence-electron chi connectivity index (χ3n) is 4.11.